The number of anilines is 1. The Labute approximate surface area is 263 Å². The van der Waals surface area contributed by atoms with E-state index in [9.17, 15) is 9.18 Å². The topological polar surface area (TPSA) is 44.6 Å². The van der Waals surface area contributed by atoms with Crippen LogP contribution in [0.3, 0.4) is 0 Å². The minimum Gasteiger partial charge on any atom is -0.341 e. The third-order valence-corrected chi connectivity index (χ3v) is 8.75. The fourth-order valence-corrected chi connectivity index (χ4v) is 6.29. The normalized spacial score (nSPS) is 15.5. The average Bonchev–Trinajstić information content (AvgIpc) is 3.31. The second-order valence-corrected chi connectivity index (χ2v) is 11.8. The van der Waals surface area contributed by atoms with Gasteiger partial charge in [-0.3, -0.25) is 9.36 Å². The molecule has 0 aliphatic carbocycles. The molecule has 1 aliphatic heterocycles. The maximum absolute atomic E-state index is 16.1. The summed E-state index contributed by atoms with van der Waals surface area (Å²) in [5, 5.41) is 0. The molecular formula is C37H39F2N5O. The molecule has 1 aromatic heterocycles. The number of rotatable bonds is 10. The molecule has 0 radical (unpaired) electrons. The maximum Gasteiger partial charge on any atom is 0.253 e. The Hall–Kier alpha value is -4.56. The number of hydrogen-bond acceptors (Lipinski definition) is 4. The Bertz CT molecular complexity index is 1690. The molecule has 1 saturated heterocycles. The molecule has 4 aromatic carbocycles. The van der Waals surface area contributed by atoms with Gasteiger partial charge in [0.05, 0.1) is 11.0 Å². The molecule has 0 saturated carbocycles. The van der Waals surface area contributed by atoms with Gasteiger partial charge in [-0.1, -0.05) is 72.8 Å². The van der Waals surface area contributed by atoms with Crippen molar-refractivity contribution >= 4 is 22.9 Å². The number of carbonyl (C=O) groups excluding carboxylic acids is 1. The van der Waals surface area contributed by atoms with Gasteiger partial charge < -0.3 is 14.7 Å². The standard InChI is InChI=1S/C37H39F2N5O/c1-41(36(45)30-13-6-3-7-14-30)27-31(28-17-19-32(38)20-18-28)21-24-42-22-10-23-43(26-25-42)37-40-33-15-8-9-16-34(33)44(37)35(39)29-11-4-2-5-12-29/h2-9,11-20,31,35H,10,21-27H2,1H3. The Morgan fingerprint density at radius 2 is 1.51 bits per heavy atom. The van der Waals surface area contributed by atoms with Crippen LogP contribution in [0.4, 0.5) is 14.7 Å². The zero-order chi connectivity index (χ0) is 31.2. The summed E-state index contributed by atoms with van der Waals surface area (Å²) < 4.78 is 31.6. The lowest BCUT2D eigenvalue weighted by Crippen LogP contribution is -2.35. The molecule has 232 valence electrons. The lowest BCUT2D eigenvalue weighted by Gasteiger charge is -2.28. The van der Waals surface area contributed by atoms with Gasteiger partial charge in [-0.2, -0.15) is 0 Å². The van der Waals surface area contributed by atoms with Gasteiger partial charge in [0.1, 0.15) is 5.82 Å². The number of fused-ring (bicyclic) bond motifs is 1. The van der Waals surface area contributed by atoms with E-state index in [1.165, 1.54) is 12.1 Å². The van der Waals surface area contributed by atoms with E-state index in [0.29, 0.717) is 23.6 Å². The molecule has 6 nitrogen and oxygen atoms in total. The van der Waals surface area contributed by atoms with Crippen LogP contribution in [0.1, 0.15) is 46.5 Å². The first kappa shape index (κ1) is 30.5. The Balaban J connectivity index is 1.16. The van der Waals surface area contributed by atoms with E-state index >= 15 is 4.39 Å². The number of para-hydroxylation sites is 2. The van der Waals surface area contributed by atoms with Gasteiger partial charge in [0.25, 0.3) is 5.91 Å². The molecule has 2 unspecified atom stereocenters. The predicted octanol–water partition coefficient (Wildman–Crippen LogP) is 7.15. The number of nitrogens with zero attached hydrogens (tertiary/aromatic N) is 5. The quantitative estimate of drug-likeness (QED) is 0.169. The molecular weight excluding hydrogens is 568 g/mol. The van der Waals surface area contributed by atoms with E-state index in [1.54, 1.807) is 9.47 Å². The van der Waals surface area contributed by atoms with Crippen LogP contribution in [0.25, 0.3) is 11.0 Å². The van der Waals surface area contributed by atoms with Crippen molar-refractivity contribution in [3.8, 4) is 0 Å². The minimum absolute atomic E-state index is 0.0299. The highest BCUT2D eigenvalue weighted by Gasteiger charge is 2.26. The summed E-state index contributed by atoms with van der Waals surface area (Å²) in [6.07, 6.45) is 0.385. The highest BCUT2D eigenvalue weighted by atomic mass is 19.1. The smallest absolute Gasteiger partial charge is 0.253 e. The van der Waals surface area contributed by atoms with Gasteiger partial charge in [0.2, 0.25) is 12.2 Å². The van der Waals surface area contributed by atoms with Crippen LogP contribution in [-0.2, 0) is 0 Å². The minimum atomic E-state index is -1.35. The molecule has 1 fully saturated rings. The number of likely N-dealkylation sites (N-methyl/N-ethyl adjacent to an activating group) is 1. The van der Waals surface area contributed by atoms with Gasteiger partial charge >= 0.3 is 0 Å². The first-order valence-corrected chi connectivity index (χ1v) is 15.7. The first-order chi connectivity index (χ1) is 22.0. The molecule has 6 rings (SSSR count). The van der Waals surface area contributed by atoms with Crippen LogP contribution in [0.2, 0.25) is 0 Å². The number of alkyl halides is 1. The van der Waals surface area contributed by atoms with Crippen molar-refractivity contribution in [1.82, 2.24) is 19.4 Å². The summed E-state index contributed by atoms with van der Waals surface area (Å²) >= 11 is 0. The SMILES string of the molecule is CN(CC(CCN1CCCN(c2nc3ccccc3n2C(F)c2ccccc2)CC1)c1ccc(F)cc1)C(=O)c1ccccc1. The Morgan fingerprint density at radius 1 is 0.822 bits per heavy atom. The number of halogens is 2. The number of amides is 1. The van der Waals surface area contributed by atoms with Crippen molar-refractivity contribution in [3.05, 3.63) is 132 Å². The van der Waals surface area contributed by atoms with Crippen LogP contribution in [0.5, 0.6) is 0 Å². The highest BCUT2D eigenvalue weighted by molar-refractivity contribution is 5.94. The molecule has 2 heterocycles. The molecule has 1 amide bonds. The summed E-state index contributed by atoms with van der Waals surface area (Å²) in [6.45, 7) is 4.56. The number of aromatic nitrogens is 2. The van der Waals surface area contributed by atoms with Crippen molar-refractivity contribution < 1.29 is 13.6 Å². The Kier molecular flexibility index (Phi) is 9.50. The van der Waals surface area contributed by atoms with Gasteiger partial charge in [0, 0.05) is 50.3 Å². The third-order valence-electron chi connectivity index (χ3n) is 8.75. The summed E-state index contributed by atoms with van der Waals surface area (Å²) in [5.74, 6) is 0.398. The predicted molar refractivity (Wildman–Crippen MR) is 176 cm³/mol. The number of hydrogen-bond donors (Lipinski definition) is 0. The second-order valence-electron chi connectivity index (χ2n) is 11.8. The summed E-state index contributed by atoms with van der Waals surface area (Å²) in [6, 6.07) is 32.9. The van der Waals surface area contributed by atoms with Crippen LogP contribution < -0.4 is 4.90 Å². The van der Waals surface area contributed by atoms with Crippen LogP contribution >= 0.6 is 0 Å². The Morgan fingerprint density at radius 3 is 2.27 bits per heavy atom. The molecule has 0 spiro atoms. The van der Waals surface area contributed by atoms with Crippen molar-refractivity contribution in [3.63, 3.8) is 0 Å². The lowest BCUT2D eigenvalue weighted by atomic mass is 9.94. The third kappa shape index (κ3) is 7.07. The van der Waals surface area contributed by atoms with Crippen molar-refractivity contribution in [2.45, 2.75) is 25.1 Å². The number of imidazole rings is 1. The zero-order valence-electron chi connectivity index (χ0n) is 25.6. The maximum atomic E-state index is 16.1. The van der Waals surface area contributed by atoms with Crippen molar-refractivity contribution in [1.29, 1.82) is 0 Å². The van der Waals surface area contributed by atoms with E-state index in [1.807, 2.05) is 104 Å². The lowest BCUT2D eigenvalue weighted by molar-refractivity contribution is 0.0782. The largest absolute Gasteiger partial charge is 0.341 e. The van der Waals surface area contributed by atoms with E-state index in [2.05, 4.69) is 9.80 Å². The van der Waals surface area contributed by atoms with E-state index in [0.717, 1.165) is 62.2 Å². The summed E-state index contributed by atoms with van der Waals surface area (Å²) in [5.41, 5.74) is 3.83. The van der Waals surface area contributed by atoms with Crippen molar-refractivity contribution in [2.24, 2.45) is 0 Å². The summed E-state index contributed by atoms with van der Waals surface area (Å²) in [7, 11) is 1.83. The van der Waals surface area contributed by atoms with Crippen LogP contribution in [0, 0.1) is 5.82 Å². The van der Waals surface area contributed by atoms with E-state index in [-0.39, 0.29) is 17.6 Å². The monoisotopic (exact) mass is 607 g/mol. The molecule has 8 heteroatoms. The molecule has 5 aromatic rings. The van der Waals surface area contributed by atoms with Crippen molar-refractivity contribution in [2.75, 3.05) is 51.2 Å². The first-order valence-electron chi connectivity index (χ1n) is 15.7. The van der Waals surface area contributed by atoms with Gasteiger partial charge in [-0.25, -0.2) is 13.8 Å². The van der Waals surface area contributed by atoms with E-state index < -0.39 is 6.30 Å². The van der Waals surface area contributed by atoms with Gasteiger partial charge in [0.15, 0.2) is 0 Å². The fraction of sp³-hybridized carbons (Fsp3) is 0.297. The highest BCUT2D eigenvalue weighted by Crippen LogP contribution is 2.32. The van der Waals surface area contributed by atoms with Gasteiger partial charge in [-0.15, -0.1) is 0 Å². The average molecular weight is 608 g/mol. The molecule has 0 bridgehead atoms. The zero-order valence-corrected chi connectivity index (χ0v) is 25.6. The van der Waals surface area contributed by atoms with E-state index in [4.69, 9.17) is 4.98 Å². The number of benzene rings is 4. The van der Waals surface area contributed by atoms with Crippen LogP contribution in [-0.4, -0.2) is 71.6 Å². The molecule has 45 heavy (non-hydrogen) atoms. The molecule has 2 atom stereocenters. The molecule has 1 aliphatic rings. The second kappa shape index (κ2) is 14.0. The number of carbonyl (C=O) groups is 1. The summed E-state index contributed by atoms with van der Waals surface area (Å²) in [4.78, 5) is 24.4. The van der Waals surface area contributed by atoms with Crippen LogP contribution in [0.15, 0.2) is 109 Å². The molecule has 0 N–H and O–H groups in total. The van der Waals surface area contributed by atoms with Gasteiger partial charge in [-0.05, 0) is 67.9 Å². The fourth-order valence-electron chi connectivity index (χ4n) is 6.29.